The molecule has 0 saturated heterocycles. The zero-order valence-corrected chi connectivity index (χ0v) is 8.54. The van der Waals surface area contributed by atoms with E-state index in [9.17, 15) is 4.79 Å². The quantitative estimate of drug-likeness (QED) is 0.815. The van der Waals surface area contributed by atoms with Crippen LogP contribution in [-0.2, 0) is 4.79 Å². The van der Waals surface area contributed by atoms with E-state index in [0.717, 1.165) is 18.0 Å². The number of anilines is 1. The molecule has 6 heteroatoms. The van der Waals surface area contributed by atoms with Gasteiger partial charge in [0, 0.05) is 11.5 Å². The third kappa shape index (κ3) is 2.78. The van der Waals surface area contributed by atoms with Crippen LogP contribution in [0.4, 0.5) is 5.00 Å². The third-order valence-corrected chi connectivity index (χ3v) is 2.24. The molecule has 1 heterocycles. The predicted octanol–water partition coefficient (Wildman–Crippen LogP) is 1.42. The molecule has 0 aliphatic rings. The van der Waals surface area contributed by atoms with Gasteiger partial charge in [-0.2, -0.15) is 5.26 Å². The Kier molecular flexibility index (Phi) is 4.01. The van der Waals surface area contributed by atoms with E-state index < -0.39 is 5.92 Å². The van der Waals surface area contributed by atoms with Gasteiger partial charge in [-0.1, -0.05) is 17.8 Å². The van der Waals surface area contributed by atoms with E-state index >= 15 is 0 Å². The van der Waals surface area contributed by atoms with Crippen molar-refractivity contribution in [2.75, 3.05) is 5.32 Å². The smallest absolute Gasteiger partial charge is 0.242 e. The second kappa shape index (κ2) is 5.29. The van der Waals surface area contributed by atoms with Gasteiger partial charge >= 0.3 is 0 Å². The van der Waals surface area contributed by atoms with Crippen molar-refractivity contribution in [2.24, 2.45) is 5.92 Å². The second-order valence-electron chi connectivity index (χ2n) is 2.74. The fraction of sp³-hybridized carbons (Fsp3) is 0.500. The van der Waals surface area contributed by atoms with Crippen molar-refractivity contribution in [1.29, 1.82) is 5.26 Å². The molecule has 1 N–H and O–H groups in total. The van der Waals surface area contributed by atoms with Gasteiger partial charge < -0.3 is 5.32 Å². The van der Waals surface area contributed by atoms with E-state index in [1.54, 1.807) is 0 Å². The summed E-state index contributed by atoms with van der Waals surface area (Å²) in [6.07, 6.45) is 2.85. The molecule has 0 aliphatic heterocycles. The van der Waals surface area contributed by atoms with Gasteiger partial charge in [-0.3, -0.25) is 4.79 Å². The van der Waals surface area contributed by atoms with Crippen molar-refractivity contribution >= 4 is 22.4 Å². The average Bonchev–Trinajstić information content (AvgIpc) is 2.66. The maximum atomic E-state index is 11.4. The first-order chi connectivity index (χ1) is 6.77. The van der Waals surface area contributed by atoms with Crippen LogP contribution in [0.25, 0.3) is 0 Å². The predicted molar refractivity (Wildman–Crippen MR) is 52.5 cm³/mol. The summed E-state index contributed by atoms with van der Waals surface area (Å²) in [5.74, 6) is -0.859. The summed E-state index contributed by atoms with van der Waals surface area (Å²) >= 11 is 1.09. The molecule has 1 aromatic rings. The molecule has 1 unspecified atom stereocenters. The van der Waals surface area contributed by atoms with Crippen LogP contribution < -0.4 is 5.32 Å². The third-order valence-electron chi connectivity index (χ3n) is 1.66. The maximum absolute atomic E-state index is 11.4. The van der Waals surface area contributed by atoms with Crippen molar-refractivity contribution < 1.29 is 4.79 Å². The highest BCUT2D eigenvalue weighted by atomic mass is 32.1. The molecule has 0 spiro atoms. The van der Waals surface area contributed by atoms with Gasteiger partial charge in [0.05, 0.1) is 12.3 Å². The Balaban J connectivity index is 2.53. The van der Waals surface area contributed by atoms with Gasteiger partial charge in [-0.25, -0.2) is 0 Å². The lowest BCUT2D eigenvalue weighted by Crippen LogP contribution is -2.20. The molecule has 0 bridgehead atoms. The van der Waals surface area contributed by atoms with E-state index in [2.05, 4.69) is 14.9 Å². The van der Waals surface area contributed by atoms with Crippen LogP contribution in [0.5, 0.6) is 0 Å². The molecule has 1 rings (SSSR count). The number of carbonyl (C=O) groups excluding carboxylic acids is 1. The Hall–Kier alpha value is -1.48. The molecule has 0 saturated carbocycles. The van der Waals surface area contributed by atoms with Crippen molar-refractivity contribution in [3.63, 3.8) is 0 Å². The highest BCUT2D eigenvalue weighted by Gasteiger charge is 2.17. The van der Waals surface area contributed by atoms with E-state index in [-0.39, 0.29) is 5.91 Å². The largest absolute Gasteiger partial charge is 0.314 e. The SMILES string of the molecule is CCCC(C#N)C(=O)Nc1cnns1. The molecule has 0 aliphatic carbocycles. The van der Waals surface area contributed by atoms with Crippen LogP contribution in [0.1, 0.15) is 19.8 Å². The topological polar surface area (TPSA) is 78.7 Å². The second-order valence-corrected chi connectivity index (χ2v) is 3.53. The van der Waals surface area contributed by atoms with Crippen LogP contribution in [0.3, 0.4) is 0 Å². The van der Waals surface area contributed by atoms with Crippen molar-refractivity contribution in [3.05, 3.63) is 6.20 Å². The van der Waals surface area contributed by atoms with Gasteiger partial charge in [-0.15, -0.1) is 5.10 Å². The van der Waals surface area contributed by atoms with Crippen LogP contribution in [0.2, 0.25) is 0 Å². The molecule has 14 heavy (non-hydrogen) atoms. The molecule has 5 nitrogen and oxygen atoms in total. The highest BCUT2D eigenvalue weighted by molar-refractivity contribution is 7.10. The number of hydrogen-bond donors (Lipinski definition) is 1. The fourth-order valence-corrected chi connectivity index (χ4v) is 1.40. The van der Waals surface area contributed by atoms with Crippen molar-refractivity contribution in [1.82, 2.24) is 9.59 Å². The van der Waals surface area contributed by atoms with Gasteiger partial charge in [0.25, 0.3) is 0 Å². The molecular weight excluding hydrogens is 200 g/mol. The summed E-state index contributed by atoms with van der Waals surface area (Å²) in [6.45, 7) is 1.94. The number of aromatic nitrogens is 2. The molecule has 1 atom stereocenters. The van der Waals surface area contributed by atoms with Crippen LogP contribution in [0.15, 0.2) is 6.20 Å². The minimum atomic E-state index is -0.581. The standard InChI is InChI=1S/C8H10N4OS/c1-2-3-6(4-9)8(13)11-7-5-10-12-14-7/h5-6H,2-3H2,1H3,(H,11,13). The molecule has 1 amide bonds. The molecule has 0 fully saturated rings. The average molecular weight is 210 g/mol. The molecule has 74 valence electrons. The molecule has 0 aromatic carbocycles. The summed E-state index contributed by atoms with van der Waals surface area (Å²) in [7, 11) is 0. The minimum Gasteiger partial charge on any atom is -0.314 e. The zero-order chi connectivity index (χ0) is 10.4. The van der Waals surface area contributed by atoms with E-state index in [1.165, 1.54) is 6.20 Å². The Morgan fingerprint density at radius 1 is 1.86 bits per heavy atom. The number of rotatable bonds is 4. The lowest BCUT2D eigenvalue weighted by molar-refractivity contribution is -0.118. The minimum absolute atomic E-state index is 0.277. The summed E-state index contributed by atoms with van der Waals surface area (Å²) in [6, 6.07) is 1.97. The molecule has 0 radical (unpaired) electrons. The maximum Gasteiger partial charge on any atom is 0.242 e. The zero-order valence-electron chi connectivity index (χ0n) is 7.73. The number of nitriles is 1. The summed E-state index contributed by atoms with van der Waals surface area (Å²) in [5.41, 5.74) is 0. The molecule has 1 aromatic heterocycles. The van der Waals surface area contributed by atoms with Crippen LogP contribution in [0, 0.1) is 17.2 Å². The Morgan fingerprint density at radius 3 is 3.14 bits per heavy atom. The van der Waals surface area contributed by atoms with E-state index in [1.807, 2.05) is 13.0 Å². The Labute approximate surface area is 85.9 Å². The van der Waals surface area contributed by atoms with Gasteiger partial charge in [0.2, 0.25) is 5.91 Å². The lowest BCUT2D eigenvalue weighted by atomic mass is 10.1. The van der Waals surface area contributed by atoms with E-state index in [0.29, 0.717) is 11.4 Å². The number of nitrogens with zero attached hydrogens (tertiary/aromatic N) is 3. The molecular formula is C8H10N4OS. The van der Waals surface area contributed by atoms with Gasteiger partial charge in [0.15, 0.2) is 0 Å². The lowest BCUT2D eigenvalue weighted by Gasteiger charge is -2.05. The number of hydrogen-bond acceptors (Lipinski definition) is 5. The van der Waals surface area contributed by atoms with Crippen molar-refractivity contribution in [2.45, 2.75) is 19.8 Å². The number of amides is 1. The fourth-order valence-electron chi connectivity index (χ4n) is 0.974. The van der Waals surface area contributed by atoms with Gasteiger partial charge in [-0.05, 0) is 6.42 Å². The summed E-state index contributed by atoms with van der Waals surface area (Å²) in [4.78, 5) is 11.4. The van der Waals surface area contributed by atoms with Crippen LogP contribution in [-0.4, -0.2) is 15.5 Å². The Bertz CT molecular complexity index is 330. The summed E-state index contributed by atoms with van der Waals surface area (Å²) in [5, 5.41) is 15.5. The first kappa shape index (κ1) is 10.6. The Morgan fingerprint density at radius 2 is 2.64 bits per heavy atom. The highest BCUT2D eigenvalue weighted by Crippen LogP contribution is 2.13. The van der Waals surface area contributed by atoms with Crippen LogP contribution >= 0.6 is 11.5 Å². The summed E-state index contributed by atoms with van der Waals surface area (Å²) < 4.78 is 3.60. The van der Waals surface area contributed by atoms with Gasteiger partial charge in [0.1, 0.15) is 10.9 Å². The monoisotopic (exact) mass is 210 g/mol. The first-order valence-corrected chi connectivity index (χ1v) is 5.03. The number of nitrogens with one attached hydrogen (secondary N) is 1. The first-order valence-electron chi connectivity index (χ1n) is 4.25. The number of carbonyl (C=O) groups is 1. The van der Waals surface area contributed by atoms with E-state index in [4.69, 9.17) is 5.26 Å². The normalized spacial score (nSPS) is 11.7. The van der Waals surface area contributed by atoms with Crippen molar-refractivity contribution in [3.8, 4) is 6.07 Å².